The number of carbonyl (C=O) groups excluding carboxylic acids is 1. The molecule has 0 aliphatic rings. The first kappa shape index (κ1) is 23.1. The second-order valence-corrected chi connectivity index (χ2v) is 7.44. The summed E-state index contributed by atoms with van der Waals surface area (Å²) in [5, 5.41) is 15.8. The number of rotatable bonds is 5. The van der Waals surface area contributed by atoms with Crippen molar-refractivity contribution in [1.82, 2.24) is 19.9 Å². The van der Waals surface area contributed by atoms with E-state index in [0.29, 0.717) is 22.8 Å². The topological polar surface area (TPSA) is 113 Å². The Hall–Kier alpha value is -4.12. The van der Waals surface area contributed by atoms with Crippen LogP contribution in [0.3, 0.4) is 0 Å². The molecule has 0 bridgehead atoms. The summed E-state index contributed by atoms with van der Waals surface area (Å²) in [5.74, 6) is -0.0519. The minimum Gasteiger partial charge on any atom is -0.378 e. The van der Waals surface area contributed by atoms with Gasteiger partial charge in [0, 0.05) is 47.7 Å². The molecule has 4 heterocycles. The molecule has 3 N–H and O–H groups in total. The molecule has 34 heavy (non-hydrogen) atoms. The molecule has 1 unspecified atom stereocenters. The van der Waals surface area contributed by atoms with Crippen LogP contribution in [0.2, 0.25) is 0 Å². The number of amides is 1. The number of aliphatic hydroxyl groups is 1. The average molecular weight is 468 g/mol. The fraction of sp³-hybridized carbons (Fsp3) is 0.174. The maximum absolute atomic E-state index is 12.8. The van der Waals surface area contributed by atoms with Crippen LogP contribution >= 0.6 is 0 Å². The van der Waals surface area contributed by atoms with E-state index in [-0.39, 0.29) is 5.69 Å². The predicted octanol–water partition coefficient (Wildman–Crippen LogP) is 4.28. The van der Waals surface area contributed by atoms with Gasteiger partial charge in [0.15, 0.2) is 6.10 Å². The van der Waals surface area contributed by atoms with Crippen LogP contribution in [0.15, 0.2) is 55.0 Å². The molecule has 4 aromatic rings. The first-order valence-corrected chi connectivity index (χ1v) is 10.1. The number of aromatic nitrogens is 4. The lowest BCUT2D eigenvalue weighted by Crippen LogP contribution is -2.23. The number of carbonyl (C=O) groups is 1. The van der Waals surface area contributed by atoms with Crippen LogP contribution in [0.5, 0.6) is 0 Å². The summed E-state index contributed by atoms with van der Waals surface area (Å²) in [5.41, 5.74) is 2.28. The van der Waals surface area contributed by atoms with E-state index in [1.807, 2.05) is 12.1 Å². The van der Waals surface area contributed by atoms with Gasteiger partial charge in [-0.25, -0.2) is 9.97 Å². The van der Waals surface area contributed by atoms with Crippen LogP contribution < -0.4 is 10.6 Å². The second-order valence-electron chi connectivity index (χ2n) is 7.44. The van der Waals surface area contributed by atoms with Crippen molar-refractivity contribution in [2.75, 3.05) is 17.7 Å². The summed E-state index contributed by atoms with van der Waals surface area (Å²) >= 11 is 0. The smallest absolute Gasteiger partial charge is 0.378 e. The third-order valence-electron chi connectivity index (χ3n) is 5.07. The summed E-state index contributed by atoms with van der Waals surface area (Å²) in [6, 6.07) is 8.88. The molecule has 174 valence electrons. The molecule has 0 radical (unpaired) electrons. The van der Waals surface area contributed by atoms with E-state index >= 15 is 0 Å². The third-order valence-corrected chi connectivity index (χ3v) is 5.07. The van der Waals surface area contributed by atoms with Crippen molar-refractivity contribution in [2.45, 2.75) is 19.2 Å². The van der Waals surface area contributed by atoms with Crippen molar-refractivity contribution in [1.29, 1.82) is 0 Å². The first-order valence-electron chi connectivity index (χ1n) is 10.1. The number of nitrogens with one attached hydrogen (secondary N) is 2. The first-order chi connectivity index (χ1) is 16.2. The number of aliphatic hydroxyl groups excluding tert-OH is 1. The third kappa shape index (κ3) is 4.79. The number of aryl methyl sites for hydroxylation is 1. The SMILES string of the molecule is CNc1cc2ncc(-c3cc(NC(=O)c4cccc(C(O)C(F)(F)F)n4)cnc3C)cc2cn1. The summed E-state index contributed by atoms with van der Waals surface area (Å²) in [6.07, 6.45) is -2.87. The lowest BCUT2D eigenvalue weighted by Gasteiger charge is -2.14. The molecule has 0 aliphatic carbocycles. The second kappa shape index (κ2) is 9.02. The number of anilines is 2. The Morgan fingerprint density at radius 1 is 1.06 bits per heavy atom. The number of nitrogens with zero attached hydrogens (tertiary/aromatic N) is 4. The van der Waals surface area contributed by atoms with E-state index in [1.54, 1.807) is 32.4 Å². The zero-order valence-electron chi connectivity index (χ0n) is 18.1. The van der Waals surface area contributed by atoms with Gasteiger partial charge in [0.25, 0.3) is 5.91 Å². The zero-order valence-corrected chi connectivity index (χ0v) is 18.1. The minimum absolute atomic E-state index is 0.276. The number of halogens is 3. The maximum atomic E-state index is 12.8. The van der Waals surface area contributed by atoms with Crippen LogP contribution in [-0.4, -0.2) is 44.2 Å². The Bertz CT molecular complexity index is 1380. The van der Waals surface area contributed by atoms with Gasteiger partial charge in [-0.2, -0.15) is 13.2 Å². The zero-order chi connectivity index (χ0) is 24.5. The maximum Gasteiger partial charge on any atom is 0.420 e. The predicted molar refractivity (Wildman–Crippen MR) is 120 cm³/mol. The molecule has 0 aliphatic heterocycles. The molecule has 0 saturated carbocycles. The molecule has 0 fully saturated rings. The highest BCUT2D eigenvalue weighted by molar-refractivity contribution is 6.03. The molecule has 1 amide bonds. The van der Waals surface area contributed by atoms with Crippen LogP contribution in [-0.2, 0) is 0 Å². The Balaban J connectivity index is 1.61. The van der Waals surface area contributed by atoms with Gasteiger partial charge in [0.1, 0.15) is 11.5 Å². The summed E-state index contributed by atoms with van der Waals surface area (Å²) < 4.78 is 38.3. The van der Waals surface area contributed by atoms with Crippen molar-refractivity contribution in [2.24, 2.45) is 0 Å². The number of alkyl halides is 3. The molecule has 11 heteroatoms. The van der Waals surface area contributed by atoms with Gasteiger partial charge in [0.2, 0.25) is 0 Å². The monoisotopic (exact) mass is 468 g/mol. The van der Waals surface area contributed by atoms with E-state index in [4.69, 9.17) is 0 Å². The highest BCUT2D eigenvalue weighted by Crippen LogP contribution is 2.31. The van der Waals surface area contributed by atoms with Crippen molar-refractivity contribution < 1.29 is 23.1 Å². The highest BCUT2D eigenvalue weighted by atomic mass is 19.4. The van der Waals surface area contributed by atoms with Crippen LogP contribution in [0, 0.1) is 6.92 Å². The van der Waals surface area contributed by atoms with Crippen molar-refractivity contribution in [3.8, 4) is 11.1 Å². The minimum atomic E-state index is -4.89. The van der Waals surface area contributed by atoms with E-state index in [1.165, 1.54) is 18.3 Å². The largest absolute Gasteiger partial charge is 0.420 e. The Kier molecular flexibility index (Phi) is 6.12. The van der Waals surface area contributed by atoms with E-state index in [0.717, 1.165) is 22.5 Å². The van der Waals surface area contributed by atoms with Crippen LogP contribution in [0.25, 0.3) is 22.0 Å². The number of hydrogen-bond donors (Lipinski definition) is 3. The van der Waals surface area contributed by atoms with Gasteiger partial charge in [0.05, 0.1) is 23.1 Å². The fourth-order valence-electron chi connectivity index (χ4n) is 3.29. The standard InChI is InChI=1S/C23H19F3N6O2/c1-12-16(13-6-14-10-30-20(27-2)8-19(14)29-9-13)7-15(11-28-12)31-22(34)18-5-3-4-17(32-18)21(33)23(24,25)26/h3-11,21,33H,1-2H3,(H,27,30)(H,31,34). The van der Waals surface area contributed by atoms with E-state index in [9.17, 15) is 23.1 Å². The van der Waals surface area contributed by atoms with Gasteiger partial charge in [-0.1, -0.05) is 6.07 Å². The van der Waals surface area contributed by atoms with E-state index < -0.39 is 23.9 Å². The van der Waals surface area contributed by atoms with Crippen molar-refractivity contribution >= 4 is 28.3 Å². The molecule has 0 aromatic carbocycles. The number of fused-ring (bicyclic) bond motifs is 1. The molecule has 0 saturated heterocycles. The molecule has 8 nitrogen and oxygen atoms in total. The molecule has 4 aromatic heterocycles. The van der Waals surface area contributed by atoms with E-state index in [2.05, 4.69) is 30.6 Å². The van der Waals surface area contributed by atoms with Gasteiger partial charge in [-0.15, -0.1) is 0 Å². The summed E-state index contributed by atoms with van der Waals surface area (Å²) in [6.45, 7) is 1.80. The van der Waals surface area contributed by atoms with Gasteiger partial charge in [-0.3, -0.25) is 14.8 Å². The molecular formula is C23H19F3N6O2. The van der Waals surface area contributed by atoms with Gasteiger partial charge < -0.3 is 15.7 Å². The van der Waals surface area contributed by atoms with Crippen molar-refractivity contribution in [3.05, 3.63) is 72.1 Å². The average Bonchev–Trinajstić information content (AvgIpc) is 2.83. The van der Waals surface area contributed by atoms with Crippen LogP contribution in [0.1, 0.15) is 28.0 Å². The summed E-state index contributed by atoms with van der Waals surface area (Å²) in [7, 11) is 1.77. The van der Waals surface area contributed by atoms with Gasteiger partial charge in [-0.05, 0) is 31.2 Å². The highest BCUT2D eigenvalue weighted by Gasteiger charge is 2.40. The Morgan fingerprint density at radius 3 is 2.59 bits per heavy atom. The summed E-state index contributed by atoms with van der Waals surface area (Å²) in [4.78, 5) is 29.3. The normalized spacial score (nSPS) is 12.4. The number of hydrogen-bond acceptors (Lipinski definition) is 7. The molecule has 1 atom stereocenters. The number of pyridine rings is 4. The lowest BCUT2D eigenvalue weighted by molar-refractivity contribution is -0.208. The molecular weight excluding hydrogens is 449 g/mol. The Morgan fingerprint density at radius 2 is 1.85 bits per heavy atom. The van der Waals surface area contributed by atoms with Crippen LogP contribution in [0.4, 0.5) is 24.7 Å². The lowest BCUT2D eigenvalue weighted by atomic mass is 10.0. The van der Waals surface area contributed by atoms with Crippen molar-refractivity contribution in [3.63, 3.8) is 0 Å². The molecule has 0 spiro atoms. The molecule has 4 rings (SSSR count). The quantitative estimate of drug-likeness (QED) is 0.401. The van der Waals surface area contributed by atoms with Gasteiger partial charge >= 0.3 is 6.18 Å². The fourth-order valence-corrected chi connectivity index (χ4v) is 3.29. The Labute approximate surface area is 191 Å².